The zero-order chi connectivity index (χ0) is 7.56. The van der Waals surface area contributed by atoms with Gasteiger partial charge in [0.05, 0.1) is 0 Å². The van der Waals surface area contributed by atoms with E-state index in [1.54, 1.807) is 0 Å². The SMILES string of the molecule is CC(C)C1C#CCCC1C. The Bertz CT molecular complexity index is 157. The van der Waals surface area contributed by atoms with E-state index in [0.717, 1.165) is 18.3 Å². The predicted molar refractivity (Wildman–Crippen MR) is 44.5 cm³/mol. The maximum absolute atomic E-state index is 3.32. The minimum absolute atomic E-state index is 0.661. The van der Waals surface area contributed by atoms with Crippen LogP contribution in [0.5, 0.6) is 0 Å². The van der Waals surface area contributed by atoms with Crippen LogP contribution in [-0.2, 0) is 0 Å². The van der Waals surface area contributed by atoms with Crippen LogP contribution in [-0.4, -0.2) is 0 Å². The van der Waals surface area contributed by atoms with Gasteiger partial charge in [0.15, 0.2) is 0 Å². The maximum atomic E-state index is 3.32. The van der Waals surface area contributed by atoms with Gasteiger partial charge in [-0.1, -0.05) is 26.7 Å². The van der Waals surface area contributed by atoms with Gasteiger partial charge >= 0.3 is 0 Å². The summed E-state index contributed by atoms with van der Waals surface area (Å²) in [5.74, 6) is 8.74. The molecule has 0 amide bonds. The molecule has 0 aromatic rings. The van der Waals surface area contributed by atoms with Crippen molar-refractivity contribution in [2.75, 3.05) is 0 Å². The van der Waals surface area contributed by atoms with Crippen molar-refractivity contribution in [1.82, 2.24) is 0 Å². The molecule has 1 aliphatic rings. The van der Waals surface area contributed by atoms with Crippen molar-refractivity contribution in [3.8, 4) is 11.8 Å². The van der Waals surface area contributed by atoms with E-state index in [-0.39, 0.29) is 0 Å². The van der Waals surface area contributed by atoms with Gasteiger partial charge in [-0.15, -0.1) is 5.92 Å². The topological polar surface area (TPSA) is 0 Å². The molecule has 2 atom stereocenters. The van der Waals surface area contributed by atoms with Crippen LogP contribution in [0.2, 0.25) is 0 Å². The first kappa shape index (κ1) is 7.66. The van der Waals surface area contributed by atoms with Gasteiger partial charge in [0, 0.05) is 12.3 Å². The normalized spacial score (nSPS) is 31.6. The third-order valence-electron chi connectivity index (χ3n) is 2.32. The summed E-state index contributed by atoms with van der Waals surface area (Å²) in [5, 5.41) is 0. The lowest BCUT2D eigenvalue weighted by Gasteiger charge is -2.24. The molecular formula is C10H16. The summed E-state index contributed by atoms with van der Waals surface area (Å²) in [5.41, 5.74) is 0. The van der Waals surface area contributed by atoms with Gasteiger partial charge in [0.25, 0.3) is 0 Å². The zero-order valence-electron chi connectivity index (χ0n) is 7.15. The van der Waals surface area contributed by atoms with Gasteiger partial charge in [-0.3, -0.25) is 0 Å². The van der Waals surface area contributed by atoms with Crippen LogP contribution < -0.4 is 0 Å². The van der Waals surface area contributed by atoms with Gasteiger partial charge in [0.1, 0.15) is 0 Å². The number of hydrogen-bond acceptors (Lipinski definition) is 0. The Morgan fingerprint density at radius 3 is 2.50 bits per heavy atom. The van der Waals surface area contributed by atoms with Crippen molar-refractivity contribution in [2.24, 2.45) is 17.8 Å². The third-order valence-corrected chi connectivity index (χ3v) is 2.32. The summed E-state index contributed by atoms with van der Waals surface area (Å²) >= 11 is 0. The Hall–Kier alpha value is -0.440. The summed E-state index contributed by atoms with van der Waals surface area (Å²) in [7, 11) is 0. The van der Waals surface area contributed by atoms with Crippen molar-refractivity contribution in [3.05, 3.63) is 0 Å². The van der Waals surface area contributed by atoms with Crippen LogP contribution in [0.1, 0.15) is 33.6 Å². The first-order chi connectivity index (χ1) is 4.72. The highest BCUT2D eigenvalue weighted by Gasteiger charge is 2.19. The molecule has 0 saturated heterocycles. The van der Waals surface area contributed by atoms with E-state index in [1.807, 2.05) is 0 Å². The quantitative estimate of drug-likeness (QED) is 0.486. The van der Waals surface area contributed by atoms with E-state index >= 15 is 0 Å². The van der Waals surface area contributed by atoms with Gasteiger partial charge in [-0.2, -0.15) is 0 Å². The minimum Gasteiger partial charge on any atom is -0.103 e. The largest absolute Gasteiger partial charge is 0.103 e. The molecule has 0 bridgehead atoms. The van der Waals surface area contributed by atoms with E-state index in [1.165, 1.54) is 6.42 Å². The van der Waals surface area contributed by atoms with Crippen LogP contribution in [0.3, 0.4) is 0 Å². The zero-order valence-corrected chi connectivity index (χ0v) is 7.15. The van der Waals surface area contributed by atoms with E-state index < -0.39 is 0 Å². The Morgan fingerprint density at radius 2 is 2.10 bits per heavy atom. The molecule has 0 heterocycles. The third kappa shape index (κ3) is 1.53. The van der Waals surface area contributed by atoms with Gasteiger partial charge in [0.2, 0.25) is 0 Å². The van der Waals surface area contributed by atoms with Crippen LogP contribution >= 0.6 is 0 Å². The molecule has 1 aliphatic carbocycles. The summed E-state index contributed by atoms with van der Waals surface area (Å²) < 4.78 is 0. The molecular weight excluding hydrogens is 120 g/mol. The summed E-state index contributed by atoms with van der Waals surface area (Å²) in [6.07, 6.45) is 2.42. The second-order valence-corrected chi connectivity index (χ2v) is 3.61. The Balaban J connectivity index is 2.60. The predicted octanol–water partition coefficient (Wildman–Crippen LogP) is 2.69. The molecule has 2 unspecified atom stereocenters. The molecule has 0 heteroatoms. The number of hydrogen-bond donors (Lipinski definition) is 0. The van der Waals surface area contributed by atoms with Crippen molar-refractivity contribution >= 4 is 0 Å². The van der Waals surface area contributed by atoms with E-state index in [9.17, 15) is 0 Å². The van der Waals surface area contributed by atoms with Gasteiger partial charge < -0.3 is 0 Å². The molecule has 0 radical (unpaired) electrons. The molecule has 0 saturated carbocycles. The lowest BCUT2D eigenvalue weighted by molar-refractivity contribution is 0.323. The van der Waals surface area contributed by atoms with Crippen LogP contribution in [0.15, 0.2) is 0 Å². The van der Waals surface area contributed by atoms with Crippen molar-refractivity contribution in [1.29, 1.82) is 0 Å². The second kappa shape index (κ2) is 3.10. The van der Waals surface area contributed by atoms with Crippen molar-refractivity contribution in [2.45, 2.75) is 33.6 Å². The summed E-state index contributed by atoms with van der Waals surface area (Å²) in [6, 6.07) is 0. The fourth-order valence-corrected chi connectivity index (χ4v) is 1.64. The molecule has 1 rings (SSSR count). The van der Waals surface area contributed by atoms with Gasteiger partial charge in [-0.05, 0) is 18.3 Å². The second-order valence-electron chi connectivity index (χ2n) is 3.61. The van der Waals surface area contributed by atoms with Crippen molar-refractivity contribution < 1.29 is 0 Å². The molecule has 0 N–H and O–H groups in total. The minimum atomic E-state index is 0.661. The standard InChI is InChI=1S/C10H16/c1-8(2)10-7-5-4-6-9(10)3/h8-10H,4,6H2,1-3H3. The fraction of sp³-hybridized carbons (Fsp3) is 0.800. The molecule has 56 valence electrons. The lowest BCUT2D eigenvalue weighted by Crippen LogP contribution is -2.18. The molecule has 0 aromatic heterocycles. The van der Waals surface area contributed by atoms with E-state index in [4.69, 9.17) is 0 Å². The maximum Gasteiger partial charge on any atom is 0.0251 e. The molecule has 0 aromatic carbocycles. The highest BCUT2D eigenvalue weighted by atomic mass is 14.2. The molecule has 0 fully saturated rings. The highest BCUT2D eigenvalue weighted by molar-refractivity contribution is 5.09. The molecule has 0 aliphatic heterocycles. The van der Waals surface area contributed by atoms with Crippen molar-refractivity contribution in [3.63, 3.8) is 0 Å². The first-order valence-corrected chi connectivity index (χ1v) is 4.20. The molecule has 0 spiro atoms. The molecule has 10 heavy (non-hydrogen) atoms. The average Bonchev–Trinajstić information content (AvgIpc) is 1.88. The molecule has 0 nitrogen and oxygen atoms in total. The van der Waals surface area contributed by atoms with Crippen LogP contribution in [0.25, 0.3) is 0 Å². The smallest absolute Gasteiger partial charge is 0.0251 e. The van der Waals surface area contributed by atoms with Crippen LogP contribution in [0, 0.1) is 29.6 Å². The monoisotopic (exact) mass is 136 g/mol. The lowest BCUT2D eigenvalue weighted by atomic mass is 9.80. The fourth-order valence-electron chi connectivity index (χ4n) is 1.64. The average molecular weight is 136 g/mol. The van der Waals surface area contributed by atoms with E-state index in [0.29, 0.717) is 5.92 Å². The van der Waals surface area contributed by atoms with E-state index in [2.05, 4.69) is 32.6 Å². The van der Waals surface area contributed by atoms with Gasteiger partial charge in [-0.25, -0.2) is 0 Å². The van der Waals surface area contributed by atoms with Crippen LogP contribution in [0.4, 0.5) is 0 Å². The Kier molecular flexibility index (Phi) is 2.38. The number of rotatable bonds is 1. The Labute approximate surface area is 64.0 Å². The Morgan fingerprint density at radius 1 is 1.40 bits per heavy atom. The highest BCUT2D eigenvalue weighted by Crippen LogP contribution is 2.26. The summed E-state index contributed by atoms with van der Waals surface area (Å²) in [6.45, 7) is 6.85. The summed E-state index contributed by atoms with van der Waals surface area (Å²) in [4.78, 5) is 0. The first-order valence-electron chi connectivity index (χ1n) is 4.20.